The minimum Gasteiger partial charge on any atom is -0.350 e. The predicted octanol–water partition coefficient (Wildman–Crippen LogP) is 3.68. The van der Waals surface area contributed by atoms with Crippen LogP contribution in [-0.2, 0) is 29.9 Å². The number of carbonyl (C=O) groups is 2. The molecule has 0 aliphatic carbocycles. The largest absolute Gasteiger partial charge is 0.350 e. The lowest BCUT2D eigenvalue weighted by molar-refractivity contribution is 0.256. The summed E-state index contributed by atoms with van der Waals surface area (Å²) < 4.78 is 81.1. The van der Waals surface area contributed by atoms with Crippen molar-refractivity contribution in [2.24, 2.45) is 11.5 Å². The van der Waals surface area contributed by atoms with Crippen molar-refractivity contribution in [1.29, 1.82) is 0 Å². The zero-order valence-electron chi connectivity index (χ0n) is 22.8. The van der Waals surface area contributed by atoms with Gasteiger partial charge in [0.15, 0.2) is 0 Å². The summed E-state index contributed by atoms with van der Waals surface area (Å²) in [6.45, 7) is 3.48. The SMILES string of the molecule is Cc1ccc(S(=O)(=O)N(C(N)=O)c2cccc(S(=O)(=O)c3cccc(N(C(N)=O)S(=O)(=O)c4ccc(C)cc4)c3)c2)cc1. The molecule has 0 aliphatic rings. The molecule has 0 unspecified atom stereocenters. The third kappa shape index (κ3) is 6.09. The molecule has 0 aliphatic heterocycles. The highest BCUT2D eigenvalue weighted by Crippen LogP contribution is 2.31. The number of amides is 4. The molecule has 0 saturated carbocycles. The summed E-state index contributed by atoms with van der Waals surface area (Å²) in [7, 11) is -13.5. The first-order valence-electron chi connectivity index (χ1n) is 12.3. The van der Waals surface area contributed by atoms with Crippen molar-refractivity contribution in [2.75, 3.05) is 8.61 Å². The van der Waals surface area contributed by atoms with Crippen LogP contribution >= 0.6 is 0 Å². The van der Waals surface area contributed by atoms with Gasteiger partial charge in [0, 0.05) is 0 Å². The molecular formula is C28H26N4O8S3. The second-order valence-electron chi connectivity index (χ2n) is 9.34. The van der Waals surface area contributed by atoms with Crippen molar-refractivity contribution < 1.29 is 34.8 Å². The lowest BCUT2D eigenvalue weighted by Crippen LogP contribution is -2.41. The first kappa shape index (κ1) is 31.2. The van der Waals surface area contributed by atoms with Gasteiger partial charge in [-0.1, -0.05) is 47.5 Å². The number of nitrogens with zero attached hydrogens (tertiary/aromatic N) is 2. The summed E-state index contributed by atoms with van der Waals surface area (Å²) in [5, 5.41) is 0. The lowest BCUT2D eigenvalue weighted by atomic mass is 10.2. The highest BCUT2D eigenvalue weighted by atomic mass is 32.2. The number of nitrogens with two attached hydrogens (primary N) is 2. The molecule has 0 atom stereocenters. The van der Waals surface area contributed by atoms with Gasteiger partial charge in [-0.25, -0.2) is 34.8 Å². The van der Waals surface area contributed by atoms with Crippen LogP contribution in [0.1, 0.15) is 11.1 Å². The van der Waals surface area contributed by atoms with Gasteiger partial charge in [0.2, 0.25) is 9.84 Å². The normalized spacial score (nSPS) is 12.0. The van der Waals surface area contributed by atoms with Crippen LogP contribution in [0.25, 0.3) is 0 Å². The Hall–Kier alpha value is -4.73. The number of aryl methyl sites for hydroxylation is 2. The van der Waals surface area contributed by atoms with Gasteiger partial charge < -0.3 is 11.5 Å². The maximum absolute atomic E-state index is 13.7. The van der Waals surface area contributed by atoms with Gasteiger partial charge in [-0.3, -0.25) is 0 Å². The van der Waals surface area contributed by atoms with Gasteiger partial charge in [0.05, 0.1) is 31.0 Å². The summed E-state index contributed by atoms with van der Waals surface area (Å²) in [5.74, 6) is 0. The molecule has 4 N–H and O–H groups in total. The summed E-state index contributed by atoms with van der Waals surface area (Å²) in [6.07, 6.45) is 0. The number of hydrogen-bond donors (Lipinski definition) is 2. The van der Waals surface area contributed by atoms with Crippen LogP contribution in [0.15, 0.2) is 117 Å². The molecule has 0 radical (unpaired) electrons. The van der Waals surface area contributed by atoms with Crippen LogP contribution in [0.2, 0.25) is 0 Å². The van der Waals surface area contributed by atoms with Crippen molar-refractivity contribution in [1.82, 2.24) is 0 Å². The number of benzene rings is 4. The van der Waals surface area contributed by atoms with Gasteiger partial charge in [-0.05, 0) is 74.5 Å². The summed E-state index contributed by atoms with van der Waals surface area (Å²) >= 11 is 0. The Morgan fingerprint density at radius 3 is 1.14 bits per heavy atom. The van der Waals surface area contributed by atoms with Crippen LogP contribution in [0.3, 0.4) is 0 Å². The van der Waals surface area contributed by atoms with Gasteiger partial charge in [0.25, 0.3) is 20.0 Å². The highest BCUT2D eigenvalue weighted by Gasteiger charge is 2.33. The van der Waals surface area contributed by atoms with Crippen molar-refractivity contribution in [3.05, 3.63) is 108 Å². The minimum atomic E-state index is -4.53. The third-order valence-corrected chi connectivity index (χ3v) is 11.5. The first-order chi connectivity index (χ1) is 20.1. The molecule has 0 spiro atoms. The molecule has 4 aromatic carbocycles. The Morgan fingerprint density at radius 2 is 0.837 bits per heavy atom. The summed E-state index contributed by atoms with van der Waals surface area (Å²) in [4.78, 5) is 23.3. The number of sulfone groups is 1. The number of carbonyl (C=O) groups excluding carboxylic acids is 2. The second-order valence-corrected chi connectivity index (χ2v) is 14.9. The van der Waals surface area contributed by atoms with E-state index in [0.717, 1.165) is 35.4 Å². The van der Waals surface area contributed by atoms with E-state index < -0.39 is 51.7 Å². The number of anilines is 2. The van der Waals surface area contributed by atoms with E-state index in [-0.39, 0.29) is 29.8 Å². The molecule has 4 amide bonds. The Labute approximate surface area is 249 Å². The molecule has 0 aromatic heterocycles. The van der Waals surface area contributed by atoms with E-state index in [1.165, 1.54) is 72.8 Å². The molecule has 43 heavy (non-hydrogen) atoms. The zero-order valence-corrected chi connectivity index (χ0v) is 25.2. The predicted molar refractivity (Wildman–Crippen MR) is 159 cm³/mol. The van der Waals surface area contributed by atoms with Crippen molar-refractivity contribution in [2.45, 2.75) is 33.4 Å². The average Bonchev–Trinajstić information content (AvgIpc) is 2.93. The van der Waals surface area contributed by atoms with E-state index in [4.69, 9.17) is 11.5 Å². The quantitative estimate of drug-likeness (QED) is 0.290. The molecule has 4 rings (SSSR count). The Balaban J connectivity index is 1.79. The second kappa shape index (κ2) is 11.5. The van der Waals surface area contributed by atoms with Gasteiger partial charge in [-0.15, -0.1) is 0 Å². The van der Waals surface area contributed by atoms with Gasteiger partial charge in [0.1, 0.15) is 0 Å². The number of sulfonamides is 2. The molecule has 4 aromatic rings. The molecular weight excluding hydrogens is 617 g/mol. The van der Waals surface area contributed by atoms with Crippen molar-refractivity contribution in [3.8, 4) is 0 Å². The number of primary amides is 2. The van der Waals surface area contributed by atoms with Crippen LogP contribution in [0.4, 0.5) is 21.0 Å². The molecule has 0 heterocycles. The number of hydrogen-bond acceptors (Lipinski definition) is 8. The number of rotatable bonds is 8. The molecule has 0 fully saturated rings. The minimum absolute atomic E-state index is 0.251. The first-order valence-corrected chi connectivity index (χ1v) is 16.7. The third-order valence-electron chi connectivity index (χ3n) is 6.24. The fourth-order valence-electron chi connectivity index (χ4n) is 4.09. The lowest BCUT2D eigenvalue weighted by Gasteiger charge is -2.22. The fraction of sp³-hybridized carbons (Fsp3) is 0.0714. The summed E-state index contributed by atoms with van der Waals surface area (Å²) in [5.41, 5.74) is 11.7. The smallest absolute Gasteiger partial charge is 0.333 e. The molecule has 0 saturated heterocycles. The maximum Gasteiger partial charge on any atom is 0.333 e. The molecule has 15 heteroatoms. The molecule has 0 bridgehead atoms. The zero-order chi connectivity index (χ0) is 31.7. The molecule has 224 valence electrons. The Morgan fingerprint density at radius 1 is 0.512 bits per heavy atom. The standard InChI is InChI=1S/C28H26N4O8S3/c1-19-9-13-23(14-10-19)42(37,38)31(27(29)33)21-5-3-7-25(17-21)41(35,36)26-8-4-6-22(18-26)32(28(30)34)43(39,40)24-15-11-20(2)12-16-24/h3-18H,1-2H3,(H2,29,33)(H2,30,34). The van der Waals surface area contributed by atoms with Gasteiger partial charge in [-0.2, -0.15) is 8.61 Å². The highest BCUT2D eigenvalue weighted by molar-refractivity contribution is 7.94. The average molecular weight is 643 g/mol. The topological polar surface area (TPSA) is 195 Å². The maximum atomic E-state index is 13.7. The van der Waals surface area contributed by atoms with Crippen LogP contribution in [0, 0.1) is 13.8 Å². The van der Waals surface area contributed by atoms with Crippen LogP contribution < -0.4 is 20.1 Å². The van der Waals surface area contributed by atoms with E-state index >= 15 is 0 Å². The molecule has 12 nitrogen and oxygen atoms in total. The number of urea groups is 2. The van der Waals surface area contributed by atoms with Crippen LogP contribution in [-0.4, -0.2) is 37.3 Å². The van der Waals surface area contributed by atoms with E-state index in [1.54, 1.807) is 13.8 Å². The fourth-order valence-corrected chi connectivity index (χ4v) is 8.07. The van der Waals surface area contributed by atoms with Crippen LogP contribution in [0.5, 0.6) is 0 Å². The Bertz CT molecular complexity index is 1900. The van der Waals surface area contributed by atoms with E-state index in [0.29, 0.717) is 0 Å². The van der Waals surface area contributed by atoms with E-state index in [2.05, 4.69) is 0 Å². The monoisotopic (exact) mass is 642 g/mol. The van der Waals surface area contributed by atoms with E-state index in [1.807, 2.05) is 0 Å². The van der Waals surface area contributed by atoms with Crippen molar-refractivity contribution >= 4 is 53.3 Å². The Kier molecular flexibility index (Phi) is 8.35. The van der Waals surface area contributed by atoms with Crippen molar-refractivity contribution in [3.63, 3.8) is 0 Å². The van der Waals surface area contributed by atoms with Gasteiger partial charge >= 0.3 is 12.1 Å². The summed E-state index contributed by atoms with van der Waals surface area (Å²) in [6, 6.07) is 17.4. The van der Waals surface area contributed by atoms with E-state index in [9.17, 15) is 34.8 Å².